The molecule has 1 heterocycles. The van der Waals surface area contributed by atoms with Gasteiger partial charge in [-0.1, -0.05) is 16.8 Å². The van der Waals surface area contributed by atoms with Crippen molar-refractivity contribution >= 4 is 11.6 Å². The first kappa shape index (κ1) is 13.8. The van der Waals surface area contributed by atoms with Crippen LogP contribution >= 0.6 is 11.6 Å². The molecular formula is C13H15ClN2O3. The second kappa shape index (κ2) is 5.19. The standard InChI is InChI=1S/C13H15ClN2O3/c1-4-18-13(2,3)12-15-11(19-16-12)8-5-6-10(17)9(14)7-8/h5-7,17H,4H2,1-3H3. The molecule has 6 heteroatoms. The molecule has 19 heavy (non-hydrogen) atoms. The van der Waals surface area contributed by atoms with Crippen LogP contribution in [-0.2, 0) is 10.3 Å². The third kappa shape index (κ3) is 2.88. The molecule has 2 aromatic rings. The molecule has 0 saturated carbocycles. The summed E-state index contributed by atoms with van der Waals surface area (Å²) in [6.07, 6.45) is 0. The molecule has 102 valence electrons. The van der Waals surface area contributed by atoms with Crippen LogP contribution in [0.2, 0.25) is 5.02 Å². The highest BCUT2D eigenvalue weighted by Crippen LogP contribution is 2.30. The summed E-state index contributed by atoms with van der Waals surface area (Å²) in [5, 5.41) is 13.5. The average molecular weight is 283 g/mol. The van der Waals surface area contributed by atoms with E-state index in [2.05, 4.69) is 10.1 Å². The number of ether oxygens (including phenoxy) is 1. The lowest BCUT2D eigenvalue weighted by Crippen LogP contribution is -2.23. The summed E-state index contributed by atoms with van der Waals surface area (Å²) in [6.45, 7) is 6.20. The van der Waals surface area contributed by atoms with E-state index < -0.39 is 5.60 Å². The van der Waals surface area contributed by atoms with Gasteiger partial charge in [0.2, 0.25) is 5.82 Å². The van der Waals surface area contributed by atoms with Crippen molar-refractivity contribution in [1.82, 2.24) is 10.1 Å². The molecule has 0 aliphatic rings. The van der Waals surface area contributed by atoms with Gasteiger partial charge in [-0.25, -0.2) is 0 Å². The Hall–Kier alpha value is -1.59. The Balaban J connectivity index is 2.33. The molecule has 0 aliphatic heterocycles. The fraction of sp³-hybridized carbons (Fsp3) is 0.385. The van der Waals surface area contributed by atoms with E-state index in [-0.39, 0.29) is 10.8 Å². The van der Waals surface area contributed by atoms with E-state index in [1.54, 1.807) is 12.1 Å². The summed E-state index contributed by atoms with van der Waals surface area (Å²) in [6, 6.07) is 4.71. The number of halogens is 1. The third-order valence-electron chi connectivity index (χ3n) is 2.66. The SMILES string of the molecule is CCOC(C)(C)c1noc(-c2ccc(O)c(Cl)c2)n1. The van der Waals surface area contributed by atoms with E-state index in [1.807, 2.05) is 20.8 Å². The molecule has 1 N–H and O–H groups in total. The third-order valence-corrected chi connectivity index (χ3v) is 2.97. The first-order chi connectivity index (χ1) is 8.94. The molecule has 0 radical (unpaired) electrons. The van der Waals surface area contributed by atoms with Gasteiger partial charge in [0.1, 0.15) is 11.4 Å². The van der Waals surface area contributed by atoms with Crippen LogP contribution in [-0.4, -0.2) is 21.9 Å². The van der Waals surface area contributed by atoms with E-state index in [0.717, 1.165) is 0 Å². The van der Waals surface area contributed by atoms with Gasteiger partial charge in [-0.15, -0.1) is 0 Å². The lowest BCUT2D eigenvalue weighted by molar-refractivity contribution is -0.0221. The number of benzene rings is 1. The summed E-state index contributed by atoms with van der Waals surface area (Å²) in [7, 11) is 0. The Kier molecular flexibility index (Phi) is 3.78. The fourth-order valence-electron chi connectivity index (χ4n) is 1.65. The normalized spacial score (nSPS) is 11.8. The number of phenolic OH excluding ortho intramolecular Hbond substituents is 1. The molecule has 0 saturated heterocycles. The van der Waals surface area contributed by atoms with Gasteiger partial charge in [0.25, 0.3) is 5.89 Å². The molecule has 2 rings (SSSR count). The summed E-state index contributed by atoms with van der Waals surface area (Å²) in [5.74, 6) is 0.818. The van der Waals surface area contributed by atoms with Crippen LogP contribution in [0.1, 0.15) is 26.6 Å². The van der Waals surface area contributed by atoms with Crippen LogP contribution in [0, 0.1) is 0 Å². The lowest BCUT2D eigenvalue weighted by atomic mass is 10.1. The second-order valence-corrected chi connectivity index (χ2v) is 4.94. The van der Waals surface area contributed by atoms with Gasteiger partial charge < -0.3 is 14.4 Å². The number of hydrogen-bond acceptors (Lipinski definition) is 5. The molecular weight excluding hydrogens is 268 g/mol. The first-order valence-corrected chi connectivity index (χ1v) is 6.29. The summed E-state index contributed by atoms with van der Waals surface area (Å²) < 4.78 is 10.8. The van der Waals surface area contributed by atoms with E-state index in [4.69, 9.17) is 20.9 Å². The van der Waals surface area contributed by atoms with Crippen LogP contribution in [0.3, 0.4) is 0 Å². The number of rotatable bonds is 4. The fourth-order valence-corrected chi connectivity index (χ4v) is 1.83. The van der Waals surface area contributed by atoms with E-state index >= 15 is 0 Å². The van der Waals surface area contributed by atoms with Crippen LogP contribution in [0.25, 0.3) is 11.5 Å². The van der Waals surface area contributed by atoms with Crippen molar-refractivity contribution in [3.8, 4) is 17.2 Å². The Labute approximate surface area is 116 Å². The van der Waals surface area contributed by atoms with Gasteiger partial charge in [0, 0.05) is 12.2 Å². The van der Waals surface area contributed by atoms with E-state index in [9.17, 15) is 5.11 Å². The first-order valence-electron chi connectivity index (χ1n) is 5.91. The van der Waals surface area contributed by atoms with Crippen molar-refractivity contribution in [3.05, 3.63) is 29.0 Å². The summed E-state index contributed by atoms with van der Waals surface area (Å²) in [5.41, 5.74) is 0.0332. The topological polar surface area (TPSA) is 68.4 Å². The quantitative estimate of drug-likeness (QED) is 0.931. The maximum absolute atomic E-state index is 9.38. The summed E-state index contributed by atoms with van der Waals surface area (Å²) >= 11 is 5.85. The number of hydrogen-bond donors (Lipinski definition) is 1. The van der Waals surface area contributed by atoms with Crippen LogP contribution in [0.4, 0.5) is 0 Å². The lowest BCUT2D eigenvalue weighted by Gasteiger charge is -2.19. The number of phenols is 1. The van der Waals surface area contributed by atoms with Gasteiger partial charge in [-0.3, -0.25) is 0 Å². The van der Waals surface area contributed by atoms with E-state index in [1.165, 1.54) is 6.07 Å². The average Bonchev–Trinajstić information content (AvgIpc) is 2.83. The molecule has 1 aromatic heterocycles. The molecule has 5 nitrogen and oxygen atoms in total. The zero-order valence-corrected chi connectivity index (χ0v) is 11.7. The van der Waals surface area contributed by atoms with Gasteiger partial charge >= 0.3 is 0 Å². The highest BCUT2D eigenvalue weighted by Gasteiger charge is 2.27. The monoisotopic (exact) mass is 282 g/mol. The minimum atomic E-state index is -0.614. The van der Waals surface area contributed by atoms with Gasteiger partial charge in [0.15, 0.2) is 0 Å². The maximum Gasteiger partial charge on any atom is 0.258 e. The number of nitrogens with zero attached hydrogens (tertiary/aromatic N) is 2. The predicted octanol–water partition coefficient (Wildman–Crippen LogP) is 3.37. The maximum atomic E-state index is 9.38. The molecule has 0 amide bonds. The van der Waals surface area contributed by atoms with Crippen LogP contribution in [0.5, 0.6) is 5.75 Å². The number of aromatic nitrogens is 2. The van der Waals surface area contributed by atoms with Gasteiger partial charge in [0.05, 0.1) is 5.02 Å². The van der Waals surface area contributed by atoms with Crippen LogP contribution in [0.15, 0.2) is 22.7 Å². The predicted molar refractivity (Wildman–Crippen MR) is 71.1 cm³/mol. The van der Waals surface area contributed by atoms with Crippen molar-refractivity contribution in [2.24, 2.45) is 0 Å². The summed E-state index contributed by atoms with van der Waals surface area (Å²) in [4.78, 5) is 4.30. The zero-order chi connectivity index (χ0) is 14.0. The molecule has 0 spiro atoms. The highest BCUT2D eigenvalue weighted by atomic mass is 35.5. The number of aromatic hydroxyl groups is 1. The molecule has 0 atom stereocenters. The van der Waals surface area contributed by atoms with Crippen molar-refractivity contribution in [1.29, 1.82) is 0 Å². The Bertz CT molecular complexity index is 581. The van der Waals surface area contributed by atoms with Crippen molar-refractivity contribution < 1.29 is 14.4 Å². The smallest absolute Gasteiger partial charge is 0.258 e. The molecule has 0 bridgehead atoms. The molecule has 0 aliphatic carbocycles. The molecule has 0 unspecified atom stereocenters. The Morgan fingerprint density at radius 2 is 2.16 bits per heavy atom. The Morgan fingerprint density at radius 1 is 1.42 bits per heavy atom. The van der Waals surface area contributed by atoms with Gasteiger partial charge in [-0.2, -0.15) is 4.98 Å². The van der Waals surface area contributed by atoms with Crippen molar-refractivity contribution in [3.63, 3.8) is 0 Å². The minimum absolute atomic E-state index is 0.0137. The Morgan fingerprint density at radius 3 is 2.79 bits per heavy atom. The van der Waals surface area contributed by atoms with Crippen molar-refractivity contribution in [2.75, 3.05) is 6.61 Å². The highest BCUT2D eigenvalue weighted by molar-refractivity contribution is 6.32. The minimum Gasteiger partial charge on any atom is -0.506 e. The second-order valence-electron chi connectivity index (χ2n) is 4.53. The zero-order valence-electron chi connectivity index (χ0n) is 11.0. The van der Waals surface area contributed by atoms with Gasteiger partial charge in [-0.05, 0) is 39.0 Å². The largest absolute Gasteiger partial charge is 0.506 e. The van der Waals surface area contributed by atoms with E-state index in [0.29, 0.717) is 23.9 Å². The van der Waals surface area contributed by atoms with Crippen molar-refractivity contribution in [2.45, 2.75) is 26.4 Å². The van der Waals surface area contributed by atoms with Crippen LogP contribution < -0.4 is 0 Å². The molecule has 1 aromatic carbocycles. The molecule has 0 fully saturated rings.